The first kappa shape index (κ1) is 14.1. The molecule has 0 spiro atoms. The molecule has 0 saturated heterocycles. The summed E-state index contributed by atoms with van der Waals surface area (Å²) in [5, 5.41) is 3.52. The van der Waals surface area contributed by atoms with Crippen LogP contribution in [-0.2, 0) is 0 Å². The van der Waals surface area contributed by atoms with E-state index in [1.54, 1.807) is 19.2 Å². The van der Waals surface area contributed by atoms with Gasteiger partial charge in [0.15, 0.2) is 0 Å². The van der Waals surface area contributed by atoms with Crippen LogP contribution in [0.5, 0.6) is 0 Å². The fourth-order valence-electron chi connectivity index (χ4n) is 3.02. The molecule has 3 rings (SSSR count). The van der Waals surface area contributed by atoms with Gasteiger partial charge in [-0.15, -0.1) is 0 Å². The zero-order chi connectivity index (χ0) is 14.8. The van der Waals surface area contributed by atoms with Crippen molar-refractivity contribution in [2.24, 2.45) is 0 Å². The fraction of sp³-hybridized carbons (Fsp3) is 0.471. The van der Waals surface area contributed by atoms with Crippen LogP contribution in [0.4, 0.5) is 10.3 Å². The van der Waals surface area contributed by atoms with E-state index in [0.29, 0.717) is 11.6 Å². The number of hydrogen-bond donors (Lipinski definition) is 1. The number of nitrogens with one attached hydrogen (secondary N) is 1. The second-order valence-electron chi connectivity index (χ2n) is 5.97. The van der Waals surface area contributed by atoms with E-state index in [-0.39, 0.29) is 11.9 Å². The number of aromatic nitrogens is 2. The van der Waals surface area contributed by atoms with Gasteiger partial charge in [-0.1, -0.05) is 25.0 Å². The van der Waals surface area contributed by atoms with Gasteiger partial charge in [0, 0.05) is 18.4 Å². The van der Waals surface area contributed by atoms with Crippen LogP contribution < -0.4 is 5.32 Å². The van der Waals surface area contributed by atoms with Gasteiger partial charge in [-0.05, 0) is 43.9 Å². The molecule has 0 amide bonds. The van der Waals surface area contributed by atoms with Gasteiger partial charge in [-0.3, -0.25) is 0 Å². The maximum atomic E-state index is 13.8. The van der Waals surface area contributed by atoms with Crippen molar-refractivity contribution in [2.75, 3.05) is 5.32 Å². The summed E-state index contributed by atoms with van der Waals surface area (Å²) in [6, 6.07) is 6.03. The maximum Gasteiger partial charge on any atom is 0.203 e. The highest BCUT2D eigenvalue weighted by molar-refractivity contribution is 5.33. The van der Waals surface area contributed by atoms with Crippen molar-refractivity contribution in [1.82, 2.24) is 9.55 Å². The molecule has 3 nitrogen and oxygen atoms in total. The van der Waals surface area contributed by atoms with Crippen LogP contribution in [0.25, 0.3) is 0 Å². The minimum Gasteiger partial charge on any atom is -0.353 e. The Balaban J connectivity index is 1.82. The Hall–Kier alpha value is -1.84. The molecule has 1 fully saturated rings. The molecule has 0 radical (unpaired) electrons. The van der Waals surface area contributed by atoms with Crippen LogP contribution in [0.1, 0.15) is 49.8 Å². The molecule has 0 aliphatic heterocycles. The topological polar surface area (TPSA) is 29.9 Å². The van der Waals surface area contributed by atoms with Crippen LogP contribution in [0, 0.1) is 12.7 Å². The van der Waals surface area contributed by atoms with E-state index >= 15 is 0 Å². The van der Waals surface area contributed by atoms with Gasteiger partial charge in [-0.2, -0.15) is 0 Å². The minimum absolute atomic E-state index is 0.0616. The Bertz CT molecular complexity index is 614. The van der Waals surface area contributed by atoms with Crippen LogP contribution >= 0.6 is 0 Å². The lowest BCUT2D eigenvalue weighted by Gasteiger charge is -2.20. The fourth-order valence-corrected chi connectivity index (χ4v) is 3.02. The van der Waals surface area contributed by atoms with Crippen molar-refractivity contribution in [3.63, 3.8) is 0 Å². The second-order valence-corrected chi connectivity index (χ2v) is 5.97. The monoisotopic (exact) mass is 287 g/mol. The lowest BCUT2D eigenvalue weighted by Crippen LogP contribution is -2.19. The van der Waals surface area contributed by atoms with Gasteiger partial charge in [0.2, 0.25) is 5.95 Å². The van der Waals surface area contributed by atoms with E-state index in [1.165, 1.54) is 25.7 Å². The van der Waals surface area contributed by atoms with Gasteiger partial charge in [0.1, 0.15) is 5.82 Å². The van der Waals surface area contributed by atoms with E-state index in [4.69, 9.17) is 0 Å². The van der Waals surface area contributed by atoms with Gasteiger partial charge < -0.3 is 9.88 Å². The van der Waals surface area contributed by atoms with Crippen molar-refractivity contribution in [1.29, 1.82) is 0 Å². The smallest absolute Gasteiger partial charge is 0.203 e. The zero-order valence-corrected chi connectivity index (χ0v) is 12.6. The first-order valence-electron chi connectivity index (χ1n) is 7.70. The summed E-state index contributed by atoms with van der Waals surface area (Å²) in [4.78, 5) is 4.42. The molecule has 1 aliphatic carbocycles. The Labute approximate surface area is 125 Å². The van der Waals surface area contributed by atoms with Gasteiger partial charge in [0.25, 0.3) is 0 Å². The third kappa shape index (κ3) is 2.94. The molecular weight excluding hydrogens is 265 g/mol. The third-order valence-electron chi connectivity index (χ3n) is 4.45. The van der Waals surface area contributed by atoms with Crippen LogP contribution in [-0.4, -0.2) is 15.6 Å². The van der Waals surface area contributed by atoms with Gasteiger partial charge in [0.05, 0.1) is 6.04 Å². The lowest BCUT2D eigenvalue weighted by molar-refractivity contribution is 0.596. The van der Waals surface area contributed by atoms with E-state index in [0.717, 1.165) is 11.5 Å². The molecule has 1 saturated carbocycles. The van der Waals surface area contributed by atoms with E-state index < -0.39 is 0 Å². The average Bonchev–Trinajstić information content (AvgIpc) is 3.13. The Kier molecular flexibility index (Phi) is 3.95. The minimum atomic E-state index is -0.148. The Morgan fingerprint density at radius 1 is 1.33 bits per heavy atom. The Morgan fingerprint density at radius 3 is 2.81 bits per heavy atom. The molecule has 0 bridgehead atoms. The Morgan fingerprint density at radius 2 is 2.10 bits per heavy atom. The first-order chi connectivity index (χ1) is 10.1. The molecule has 21 heavy (non-hydrogen) atoms. The standard InChI is InChI=1S/C17H22FN3/c1-12-7-8-14(11-16(12)18)13(2)21-10-9-19-17(21)20-15-5-3-4-6-15/h7-11,13,15H,3-6H2,1-2H3,(H,19,20). The van der Waals surface area contributed by atoms with Crippen molar-refractivity contribution in [3.05, 3.63) is 47.5 Å². The van der Waals surface area contributed by atoms with Crippen molar-refractivity contribution in [2.45, 2.75) is 51.6 Å². The summed E-state index contributed by atoms with van der Waals surface area (Å²) in [5.74, 6) is 0.736. The summed E-state index contributed by atoms with van der Waals surface area (Å²) in [5.41, 5.74) is 1.64. The number of nitrogens with zero attached hydrogens (tertiary/aromatic N) is 2. The molecule has 1 atom stereocenters. The van der Waals surface area contributed by atoms with Gasteiger partial charge in [-0.25, -0.2) is 9.37 Å². The zero-order valence-electron chi connectivity index (χ0n) is 12.6. The van der Waals surface area contributed by atoms with Crippen LogP contribution in [0.15, 0.2) is 30.6 Å². The van der Waals surface area contributed by atoms with Crippen LogP contribution in [0.2, 0.25) is 0 Å². The average molecular weight is 287 g/mol. The number of benzene rings is 1. The molecule has 1 aromatic heterocycles. The van der Waals surface area contributed by atoms with Crippen molar-refractivity contribution < 1.29 is 4.39 Å². The molecular formula is C17H22FN3. The van der Waals surface area contributed by atoms with Crippen LogP contribution in [0.3, 0.4) is 0 Å². The van der Waals surface area contributed by atoms with Crippen molar-refractivity contribution in [3.8, 4) is 0 Å². The largest absolute Gasteiger partial charge is 0.353 e. The van der Waals surface area contributed by atoms with E-state index in [1.807, 2.05) is 18.3 Å². The quantitative estimate of drug-likeness (QED) is 0.909. The molecule has 1 aromatic carbocycles. The molecule has 112 valence electrons. The summed E-state index contributed by atoms with van der Waals surface area (Å²) in [7, 11) is 0. The molecule has 1 heterocycles. The highest BCUT2D eigenvalue weighted by Gasteiger charge is 2.19. The predicted molar refractivity (Wildman–Crippen MR) is 83.1 cm³/mol. The molecule has 1 aliphatic rings. The maximum absolute atomic E-state index is 13.8. The molecule has 4 heteroatoms. The van der Waals surface area contributed by atoms with E-state index in [9.17, 15) is 4.39 Å². The molecule has 1 N–H and O–H groups in total. The number of imidazole rings is 1. The summed E-state index contributed by atoms with van der Waals surface area (Å²) in [6.45, 7) is 3.86. The number of aryl methyl sites for hydroxylation is 1. The second kappa shape index (κ2) is 5.88. The van der Waals surface area contributed by atoms with Gasteiger partial charge >= 0.3 is 0 Å². The highest BCUT2D eigenvalue weighted by Crippen LogP contribution is 2.26. The first-order valence-corrected chi connectivity index (χ1v) is 7.70. The van der Waals surface area contributed by atoms with E-state index in [2.05, 4.69) is 21.8 Å². The highest BCUT2D eigenvalue weighted by atomic mass is 19.1. The lowest BCUT2D eigenvalue weighted by atomic mass is 10.1. The normalized spacial score (nSPS) is 17.1. The number of hydrogen-bond acceptors (Lipinski definition) is 2. The number of halogens is 1. The summed E-state index contributed by atoms with van der Waals surface area (Å²) >= 11 is 0. The SMILES string of the molecule is Cc1ccc(C(C)n2ccnc2NC2CCCC2)cc1F. The molecule has 1 unspecified atom stereocenters. The number of anilines is 1. The number of rotatable bonds is 4. The van der Waals surface area contributed by atoms with Crippen molar-refractivity contribution >= 4 is 5.95 Å². The molecule has 2 aromatic rings. The third-order valence-corrected chi connectivity index (χ3v) is 4.45. The summed E-state index contributed by atoms with van der Waals surface area (Å²) < 4.78 is 15.9. The predicted octanol–water partition coefficient (Wildman–Crippen LogP) is 4.29. The summed E-state index contributed by atoms with van der Waals surface area (Å²) in [6.07, 6.45) is 8.76.